The van der Waals surface area contributed by atoms with Gasteiger partial charge in [0.15, 0.2) is 0 Å². The standard InChI is InChI=1S/C5H12OSSi/c1-5(2,3)4-6-8-7-4/h4H,8H2,1-3H3. The van der Waals surface area contributed by atoms with Gasteiger partial charge in [0.05, 0.1) is 5.44 Å². The molecule has 0 aliphatic carbocycles. The van der Waals surface area contributed by atoms with Crippen molar-refractivity contribution in [1.29, 1.82) is 0 Å². The summed E-state index contributed by atoms with van der Waals surface area (Å²) in [7, 11) is -0.106. The molecule has 1 saturated heterocycles. The van der Waals surface area contributed by atoms with Gasteiger partial charge in [-0.15, -0.1) is 11.2 Å². The maximum Gasteiger partial charge on any atom is 0.226 e. The van der Waals surface area contributed by atoms with Crippen LogP contribution in [0.1, 0.15) is 20.8 Å². The van der Waals surface area contributed by atoms with E-state index in [4.69, 9.17) is 4.43 Å². The summed E-state index contributed by atoms with van der Waals surface area (Å²) < 4.78 is 5.40. The third-order valence-corrected chi connectivity index (χ3v) is 4.86. The second-order valence-electron chi connectivity index (χ2n) is 3.15. The van der Waals surface area contributed by atoms with Gasteiger partial charge in [-0.3, -0.25) is 0 Å². The lowest BCUT2D eigenvalue weighted by Gasteiger charge is -2.36. The van der Waals surface area contributed by atoms with Crippen LogP contribution in [-0.2, 0) is 4.43 Å². The SMILES string of the molecule is CC(C)(C)C1O[SiH2]S1. The van der Waals surface area contributed by atoms with Crippen molar-refractivity contribution in [2.45, 2.75) is 26.2 Å². The molecule has 1 heterocycles. The normalized spacial score (nSPS) is 32.6. The molecule has 0 aromatic carbocycles. The molecular weight excluding hydrogens is 136 g/mol. The van der Waals surface area contributed by atoms with Crippen molar-refractivity contribution in [2.75, 3.05) is 0 Å². The largest absolute Gasteiger partial charge is 0.401 e. The zero-order chi connectivity index (χ0) is 6.20. The molecule has 1 aliphatic rings. The molecule has 1 atom stereocenters. The molecular formula is C5H12OSSi. The molecule has 1 aliphatic heterocycles. The molecule has 48 valence electrons. The molecule has 1 nitrogen and oxygen atoms in total. The molecule has 0 spiro atoms. The highest BCUT2D eigenvalue weighted by atomic mass is 32.4. The first-order chi connectivity index (χ1) is 3.61. The highest BCUT2D eigenvalue weighted by Gasteiger charge is 2.31. The van der Waals surface area contributed by atoms with Crippen LogP contribution < -0.4 is 0 Å². The van der Waals surface area contributed by atoms with Gasteiger partial charge in [0.25, 0.3) is 0 Å². The van der Waals surface area contributed by atoms with E-state index in [-0.39, 0.29) is 8.91 Å². The molecule has 0 radical (unpaired) electrons. The topological polar surface area (TPSA) is 9.23 Å². The third-order valence-electron chi connectivity index (χ3n) is 1.15. The average Bonchev–Trinajstić information content (AvgIpc) is 1.16. The minimum Gasteiger partial charge on any atom is -0.401 e. The molecule has 1 unspecified atom stereocenters. The molecule has 0 saturated carbocycles. The van der Waals surface area contributed by atoms with E-state index in [1.807, 2.05) is 11.2 Å². The summed E-state index contributed by atoms with van der Waals surface area (Å²) in [4.78, 5) is 0. The number of hydrogen-bond acceptors (Lipinski definition) is 2. The second kappa shape index (κ2) is 2.04. The van der Waals surface area contributed by atoms with E-state index in [1.54, 1.807) is 0 Å². The van der Waals surface area contributed by atoms with Crippen LogP contribution in [0.5, 0.6) is 0 Å². The smallest absolute Gasteiger partial charge is 0.226 e. The van der Waals surface area contributed by atoms with Gasteiger partial charge >= 0.3 is 0 Å². The Hall–Kier alpha value is 0.527. The van der Waals surface area contributed by atoms with Gasteiger partial charge in [-0.2, -0.15) is 0 Å². The van der Waals surface area contributed by atoms with Crippen LogP contribution in [0.15, 0.2) is 0 Å². The quantitative estimate of drug-likeness (QED) is 0.476. The third kappa shape index (κ3) is 1.27. The highest BCUT2D eigenvalue weighted by Crippen LogP contribution is 2.36. The highest BCUT2D eigenvalue weighted by molar-refractivity contribution is 8.24. The minimum atomic E-state index is -0.106. The maximum atomic E-state index is 5.40. The van der Waals surface area contributed by atoms with Gasteiger partial charge in [0.1, 0.15) is 0 Å². The van der Waals surface area contributed by atoms with E-state index < -0.39 is 0 Å². The minimum absolute atomic E-state index is 0.106. The van der Waals surface area contributed by atoms with E-state index in [0.717, 1.165) is 0 Å². The lowest BCUT2D eigenvalue weighted by molar-refractivity contribution is 0.163. The summed E-state index contributed by atoms with van der Waals surface area (Å²) in [6.07, 6.45) is 0. The van der Waals surface area contributed by atoms with Crippen LogP contribution in [0.25, 0.3) is 0 Å². The van der Waals surface area contributed by atoms with E-state index in [2.05, 4.69) is 20.8 Å². The van der Waals surface area contributed by atoms with E-state index in [1.165, 1.54) is 0 Å². The zero-order valence-electron chi connectivity index (χ0n) is 5.60. The summed E-state index contributed by atoms with van der Waals surface area (Å²) in [5, 5.41) is 0. The number of hydrogen-bond donors (Lipinski definition) is 0. The van der Waals surface area contributed by atoms with Crippen LogP contribution in [0.2, 0.25) is 0 Å². The summed E-state index contributed by atoms with van der Waals surface area (Å²) in [5.41, 5.74) is 0.879. The predicted octanol–water partition coefficient (Wildman–Crippen LogP) is 1.12. The Labute approximate surface area is 56.8 Å². The monoisotopic (exact) mass is 148 g/mol. The van der Waals surface area contributed by atoms with Gasteiger partial charge in [0, 0.05) is 0 Å². The van der Waals surface area contributed by atoms with Gasteiger partial charge < -0.3 is 4.43 Å². The Morgan fingerprint density at radius 1 is 1.50 bits per heavy atom. The molecule has 3 heteroatoms. The predicted molar refractivity (Wildman–Crippen MR) is 40.5 cm³/mol. The van der Waals surface area contributed by atoms with E-state index in [0.29, 0.717) is 10.9 Å². The molecule has 1 fully saturated rings. The first-order valence-corrected chi connectivity index (χ1v) is 6.20. The first kappa shape index (κ1) is 6.64. The van der Waals surface area contributed by atoms with Crippen molar-refractivity contribution in [1.82, 2.24) is 0 Å². The van der Waals surface area contributed by atoms with Crippen molar-refractivity contribution < 1.29 is 4.43 Å². The van der Waals surface area contributed by atoms with Crippen molar-refractivity contribution >= 4 is 20.1 Å². The van der Waals surface area contributed by atoms with Crippen LogP contribution in [0.3, 0.4) is 0 Å². The van der Waals surface area contributed by atoms with Gasteiger partial charge in [0.2, 0.25) is 8.91 Å². The van der Waals surface area contributed by atoms with Crippen molar-refractivity contribution in [3.05, 3.63) is 0 Å². The van der Waals surface area contributed by atoms with Crippen LogP contribution in [0.4, 0.5) is 0 Å². The maximum absolute atomic E-state index is 5.40. The lowest BCUT2D eigenvalue weighted by Crippen LogP contribution is -2.35. The van der Waals surface area contributed by atoms with Gasteiger partial charge in [-0.25, -0.2) is 0 Å². The van der Waals surface area contributed by atoms with Crippen molar-refractivity contribution in [3.8, 4) is 0 Å². The fourth-order valence-corrected chi connectivity index (χ4v) is 4.22. The first-order valence-electron chi connectivity index (χ1n) is 2.84. The fraction of sp³-hybridized carbons (Fsp3) is 1.00. The second-order valence-corrected chi connectivity index (χ2v) is 6.19. The molecule has 0 bridgehead atoms. The lowest BCUT2D eigenvalue weighted by atomic mass is 9.98. The van der Waals surface area contributed by atoms with Gasteiger partial charge in [-0.1, -0.05) is 20.8 Å². The summed E-state index contributed by atoms with van der Waals surface area (Å²) in [6, 6.07) is 0. The Bertz CT molecular complexity index is 84.9. The summed E-state index contributed by atoms with van der Waals surface area (Å²) in [5.74, 6) is 0. The van der Waals surface area contributed by atoms with Crippen LogP contribution in [0, 0.1) is 5.41 Å². The zero-order valence-corrected chi connectivity index (χ0v) is 7.83. The van der Waals surface area contributed by atoms with E-state index in [9.17, 15) is 0 Å². The molecule has 0 aromatic rings. The Kier molecular flexibility index (Phi) is 1.70. The summed E-state index contributed by atoms with van der Waals surface area (Å²) in [6.45, 7) is 6.66. The Morgan fingerprint density at radius 2 is 2.00 bits per heavy atom. The Morgan fingerprint density at radius 3 is 2.00 bits per heavy atom. The van der Waals surface area contributed by atoms with Crippen LogP contribution in [-0.4, -0.2) is 14.3 Å². The van der Waals surface area contributed by atoms with Crippen molar-refractivity contribution in [3.63, 3.8) is 0 Å². The summed E-state index contributed by atoms with van der Waals surface area (Å²) >= 11 is 2.03. The van der Waals surface area contributed by atoms with Gasteiger partial charge in [-0.05, 0) is 5.41 Å². The fourth-order valence-electron chi connectivity index (χ4n) is 0.636. The Balaban J connectivity index is 2.34. The van der Waals surface area contributed by atoms with E-state index >= 15 is 0 Å². The molecule has 0 N–H and O–H groups in total. The number of rotatable bonds is 0. The molecule has 8 heavy (non-hydrogen) atoms. The molecule has 0 amide bonds. The average molecular weight is 148 g/mol. The van der Waals surface area contributed by atoms with Crippen LogP contribution >= 0.6 is 11.2 Å². The molecule has 0 aromatic heterocycles. The van der Waals surface area contributed by atoms with Crippen molar-refractivity contribution in [2.24, 2.45) is 5.41 Å². The molecule has 1 rings (SSSR count).